The van der Waals surface area contributed by atoms with Gasteiger partial charge in [0.1, 0.15) is 0 Å². The van der Waals surface area contributed by atoms with Gasteiger partial charge < -0.3 is 20.1 Å². The van der Waals surface area contributed by atoms with Crippen molar-refractivity contribution in [1.82, 2.24) is 25.4 Å². The Morgan fingerprint density at radius 1 is 0.868 bits per heavy atom. The van der Waals surface area contributed by atoms with Crippen LogP contribution in [0.4, 0.5) is 0 Å². The van der Waals surface area contributed by atoms with Crippen molar-refractivity contribution in [2.45, 2.75) is 26.2 Å². The van der Waals surface area contributed by atoms with Crippen LogP contribution in [0.5, 0.6) is 0 Å². The van der Waals surface area contributed by atoms with Gasteiger partial charge in [0.15, 0.2) is 0 Å². The molecule has 0 fully saturated rings. The molecule has 0 spiro atoms. The minimum absolute atomic E-state index is 0.180. The van der Waals surface area contributed by atoms with Crippen LogP contribution >= 0.6 is 0 Å². The second-order valence-corrected chi connectivity index (χ2v) is 9.02. The van der Waals surface area contributed by atoms with Gasteiger partial charge in [0, 0.05) is 44.2 Å². The van der Waals surface area contributed by atoms with Gasteiger partial charge in [-0.3, -0.25) is 15.0 Å². The zero-order valence-corrected chi connectivity index (χ0v) is 22.1. The van der Waals surface area contributed by atoms with Gasteiger partial charge in [0.2, 0.25) is 5.91 Å². The topological polar surface area (TPSA) is 146 Å². The first-order valence-corrected chi connectivity index (χ1v) is 12.0. The standard InChI is InChI=1S/C25H33N5O2.C2H2O4/c1-19(31)27-30(25(32)17-20-8-6-5-7-9-20)29(4)15-12-21-10-11-24-23(16-21)22(18-26-24)13-14-28(2)3;3-1(4)2(5)6/h5-11,16,18,26H,12-15,17H2,1-4H3,(H,27,31);(H,3,4)(H,5,6). The number of hydrazine groups is 2. The van der Waals surface area contributed by atoms with Crippen molar-refractivity contribution in [2.24, 2.45) is 0 Å². The number of amides is 2. The summed E-state index contributed by atoms with van der Waals surface area (Å²) in [5, 5.41) is 19.1. The predicted molar refractivity (Wildman–Crippen MR) is 143 cm³/mol. The summed E-state index contributed by atoms with van der Waals surface area (Å²) in [6.07, 6.45) is 4.04. The zero-order valence-electron chi connectivity index (χ0n) is 22.1. The molecule has 0 aliphatic carbocycles. The number of fused-ring (bicyclic) bond motifs is 1. The molecule has 1 heterocycles. The molecule has 4 N–H and O–H groups in total. The van der Waals surface area contributed by atoms with Gasteiger partial charge in [-0.1, -0.05) is 36.4 Å². The Morgan fingerprint density at radius 3 is 2.11 bits per heavy atom. The highest BCUT2D eigenvalue weighted by Crippen LogP contribution is 2.21. The predicted octanol–water partition coefficient (Wildman–Crippen LogP) is 1.94. The van der Waals surface area contributed by atoms with E-state index in [1.54, 1.807) is 5.01 Å². The van der Waals surface area contributed by atoms with Crippen molar-refractivity contribution in [3.05, 3.63) is 71.4 Å². The Kier molecular flexibility index (Phi) is 11.5. The lowest BCUT2D eigenvalue weighted by atomic mass is 10.1. The van der Waals surface area contributed by atoms with Gasteiger partial charge in [0.25, 0.3) is 5.91 Å². The van der Waals surface area contributed by atoms with Crippen LogP contribution in [0.2, 0.25) is 0 Å². The van der Waals surface area contributed by atoms with Gasteiger partial charge in [-0.25, -0.2) is 14.6 Å². The van der Waals surface area contributed by atoms with Crippen molar-refractivity contribution < 1.29 is 29.4 Å². The maximum absolute atomic E-state index is 12.9. The number of likely N-dealkylation sites (N-methyl/N-ethyl adjacent to an activating group) is 2. The average Bonchev–Trinajstić information content (AvgIpc) is 3.27. The monoisotopic (exact) mass is 525 g/mol. The first-order chi connectivity index (χ1) is 18.0. The summed E-state index contributed by atoms with van der Waals surface area (Å²) in [5.74, 6) is -4.11. The molecule has 0 bridgehead atoms. The van der Waals surface area contributed by atoms with E-state index < -0.39 is 11.9 Å². The van der Waals surface area contributed by atoms with E-state index in [9.17, 15) is 9.59 Å². The van der Waals surface area contributed by atoms with Crippen LogP contribution in [0.3, 0.4) is 0 Å². The second kappa shape index (κ2) is 14.5. The molecule has 0 aliphatic rings. The number of rotatable bonds is 9. The molecule has 0 aliphatic heterocycles. The summed E-state index contributed by atoms with van der Waals surface area (Å²) in [6.45, 7) is 2.99. The Hall–Kier alpha value is -4.22. The Balaban J connectivity index is 0.000000757. The average molecular weight is 526 g/mol. The summed E-state index contributed by atoms with van der Waals surface area (Å²) in [7, 11) is 5.97. The number of aromatic amines is 1. The summed E-state index contributed by atoms with van der Waals surface area (Å²) < 4.78 is 0. The highest BCUT2D eigenvalue weighted by molar-refractivity contribution is 6.27. The lowest BCUT2D eigenvalue weighted by Crippen LogP contribution is -2.55. The molecule has 11 nitrogen and oxygen atoms in total. The summed E-state index contributed by atoms with van der Waals surface area (Å²) >= 11 is 0. The third-order valence-electron chi connectivity index (χ3n) is 5.61. The van der Waals surface area contributed by atoms with Gasteiger partial charge in [-0.2, -0.15) is 5.12 Å². The van der Waals surface area contributed by atoms with Crippen LogP contribution in [0, 0.1) is 0 Å². The van der Waals surface area contributed by atoms with Crippen molar-refractivity contribution in [3.8, 4) is 0 Å². The fourth-order valence-electron chi connectivity index (χ4n) is 3.66. The second-order valence-electron chi connectivity index (χ2n) is 9.02. The fourth-order valence-corrected chi connectivity index (χ4v) is 3.66. The number of carboxylic acid groups (broad SMARTS) is 2. The van der Waals surface area contributed by atoms with E-state index in [0.29, 0.717) is 6.54 Å². The van der Waals surface area contributed by atoms with Gasteiger partial charge in [-0.05, 0) is 55.8 Å². The number of nitrogens with zero attached hydrogens (tertiary/aromatic N) is 3. The van der Waals surface area contributed by atoms with E-state index in [1.807, 2.05) is 37.4 Å². The maximum Gasteiger partial charge on any atom is 0.414 e. The molecule has 3 rings (SSSR count). The third kappa shape index (κ3) is 9.68. The quantitative estimate of drug-likeness (QED) is 0.245. The first-order valence-electron chi connectivity index (χ1n) is 12.0. The lowest BCUT2D eigenvalue weighted by Gasteiger charge is -2.31. The molecule has 0 atom stereocenters. The summed E-state index contributed by atoms with van der Waals surface area (Å²) in [4.78, 5) is 48.3. The number of H-pyrrole nitrogens is 1. The fraction of sp³-hybridized carbons (Fsp3) is 0.333. The molecule has 2 aromatic carbocycles. The van der Waals surface area contributed by atoms with Crippen molar-refractivity contribution >= 4 is 34.7 Å². The van der Waals surface area contributed by atoms with Crippen LogP contribution in [-0.4, -0.2) is 88.2 Å². The Labute approximate surface area is 221 Å². The van der Waals surface area contributed by atoms with E-state index >= 15 is 0 Å². The van der Waals surface area contributed by atoms with Crippen LogP contribution < -0.4 is 5.43 Å². The number of hydrogen-bond donors (Lipinski definition) is 4. The van der Waals surface area contributed by atoms with E-state index in [4.69, 9.17) is 19.8 Å². The number of carboxylic acids is 2. The zero-order chi connectivity index (χ0) is 28.2. The maximum atomic E-state index is 12.9. The van der Waals surface area contributed by atoms with Crippen molar-refractivity contribution in [1.29, 1.82) is 0 Å². The smallest absolute Gasteiger partial charge is 0.414 e. The SMILES string of the molecule is CC(=O)NN(C(=O)Cc1ccccc1)N(C)CCc1ccc2[nH]cc(CCN(C)C)c2c1.O=C(O)C(=O)O. The molecule has 2 amide bonds. The number of aromatic nitrogens is 1. The third-order valence-corrected chi connectivity index (χ3v) is 5.61. The molecule has 1 aromatic heterocycles. The number of aliphatic carboxylic acids is 2. The summed E-state index contributed by atoms with van der Waals surface area (Å²) in [5.41, 5.74) is 7.19. The molecule has 0 radical (unpaired) electrons. The van der Waals surface area contributed by atoms with Crippen LogP contribution in [-0.2, 0) is 38.4 Å². The van der Waals surface area contributed by atoms with E-state index in [2.05, 4.69) is 53.8 Å². The van der Waals surface area contributed by atoms with Gasteiger partial charge in [-0.15, -0.1) is 0 Å². The highest BCUT2D eigenvalue weighted by atomic mass is 16.4. The largest absolute Gasteiger partial charge is 0.473 e. The molecule has 0 saturated carbocycles. The van der Waals surface area contributed by atoms with Crippen LogP contribution in [0.15, 0.2) is 54.7 Å². The molecule has 11 heteroatoms. The van der Waals surface area contributed by atoms with Crippen molar-refractivity contribution in [3.63, 3.8) is 0 Å². The first kappa shape index (κ1) is 30.0. The number of benzene rings is 2. The van der Waals surface area contributed by atoms with E-state index in [-0.39, 0.29) is 18.2 Å². The normalized spacial score (nSPS) is 10.7. The van der Waals surface area contributed by atoms with Gasteiger partial charge >= 0.3 is 11.9 Å². The highest BCUT2D eigenvalue weighted by Gasteiger charge is 2.20. The number of nitrogens with one attached hydrogen (secondary N) is 2. The van der Waals surface area contributed by atoms with Crippen LogP contribution in [0.25, 0.3) is 10.9 Å². The molecule has 204 valence electrons. The molecule has 0 unspecified atom stereocenters. The summed E-state index contributed by atoms with van der Waals surface area (Å²) in [6, 6.07) is 16.0. The van der Waals surface area contributed by atoms with Crippen LogP contribution in [0.1, 0.15) is 23.6 Å². The molecule has 3 aromatic rings. The molecule has 38 heavy (non-hydrogen) atoms. The van der Waals surface area contributed by atoms with E-state index in [1.165, 1.54) is 28.6 Å². The molecule has 0 saturated heterocycles. The molecular weight excluding hydrogens is 490 g/mol. The Bertz CT molecular complexity index is 1230. The number of hydrogen-bond acceptors (Lipinski definition) is 6. The van der Waals surface area contributed by atoms with Crippen molar-refractivity contribution in [2.75, 3.05) is 34.2 Å². The number of carbonyl (C=O) groups excluding carboxylic acids is 2. The minimum atomic E-state index is -1.82. The number of carbonyl (C=O) groups is 4. The molecular formula is C27H35N5O6. The Morgan fingerprint density at radius 2 is 1.53 bits per heavy atom. The minimum Gasteiger partial charge on any atom is -0.473 e. The van der Waals surface area contributed by atoms with Gasteiger partial charge in [0.05, 0.1) is 6.42 Å². The van der Waals surface area contributed by atoms with E-state index in [0.717, 1.165) is 30.5 Å². The lowest BCUT2D eigenvalue weighted by molar-refractivity contribution is -0.160.